The monoisotopic (exact) mass is 214 g/mol. The predicted molar refractivity (Wildman–Crippen MR) is 52.7 cm³/mol. The zero-order valence-electron chi connectivity index (χ0n) is 7.02. The maximum Gasteiger partial charge on any atom is 0.0149 e. The smallest absolute Gasteiger partial charge is 0.0149 e. The van der Waals surface area contributed by atoms with Crippen molar-refractivity contribution in [1.29, 1.82) is 0 Å². The first kappa shape index (κ1) is 9.13. The van der Waals surface area contributed by atoms with Crippen LogP contribution in [0.2, 0.25) is 0 Å². The third kappa shape index (κ3) is 2.52. The molecular weight excluding hydrogens is 200 g/mol. The molecule has 0 saturated heterocycles. The molecule has 0 radical (unpaired) electrons. The number of hydrogen-bond donors (Lipinski definition) is 0. The topological polar surface area (TPSA) is 0 Å². The minimum atomic E-state index is 0.719. The lowest BCUT2D eigenvalue weighted by atomic mass is 9.79. The summed E-state index contributed by atoms with van der Waals surface area (Å²) in [7, 11) is 0. The molecule has 0 bridgehead atoms. The fraction of sp³-hybridized carbons (Fsp3) is 0.800. The molecule has 11 heavy (non-hydrogen) atoms. The van der Waals surface area contributed by atoms with Crippen molar-refractivity contribution in [3.05, 3.63) is 0 Å². The molecule has 0 aromatic carbocycles. The summed E-state index contributed by atoms with van der Waals surface area (Å²) in [6.07, 6.45) is 10.2. The molecular formula is C10H15Br. The van der Waals surface area contributed by atoms with E-state index in [9.17, 15) is 0 Å². The molecule has 0 aromatic rings. The molecule has 1 saturated carbocycles. The number of rotatable bonds is 1. The molecule has 1 rings (SSSR count). The fourth-order valence-electron chi connectivity index (χ4n) is 1.79. The lowest BCUT2D eigenvalue weighted by Crippen LogP contribution is -2.22. The van der Waals surface area contributed by atoms with Crippen LogP contribution in [0.15, 0.2) is 0 Å². The van der Waals surface area contributed by atoms with E-state index < -0.39 is 0 Å². The number of terminal acetylenes is 1. The number of halogens is 1. The van der Waals surface area contributed by atoms with Gasteiger partial charge in [-0.15, -0.1) is 12.3 Å². The van der Waals surface area contributed by atoms with Crippen LogP contribution in [0.4, 0.5) is 0 Å². The second kappa shape index (κ2) is 4.16. The van der Waals surface area contributed by atoms with E-state index in [0.717, 1.165) is 23.1 Å². The van der Waals surface area contributed by atoms with Crippen molar-refractivity contribution in [3.63, 3.8) is 0 Å². The van der Waals surface area contributed by atoms with Crippen molar-refractivity contribution in [3.8, 4) is 12.3 Å². The van der Waals surface area contributed by atoms with Crippen molar-refractivity contribution in [1.82, 2.24) is 0 Å². The van der Waals surface area contributed by atoms with Gasteiger partial charge in [-0.25, -0.2) is 0 Å². The average Bonchev–Trinajstić information content (AvgIpc) is 1.98. The highest BCUT2D eigenvalue weighted by Crippen LogP contribution is 2.34. The summed E-state index contributed by atoms with van der Waals surface area (Å²) in [5.41, 5.74) is 0. The Morgan fingerprint density at radius 1 is 1.55 bits per heavy atom. The van der Waals surface area contributed by atoms with Gasteiger partial charge in [0.1, 0.15) is 0 Å². The third-order valence-corrected chi connectivity index (χ3v) is 3.51. The lowest BCUT2D eigenvalue weighted by Gasteiger charge is -2.30. The zero-order chi connectivity index (χ0) is 8.27. The van der Waals surface area contributed by atoms with Gasteiger partial charge in [-0.1, -0.05) is 22.9 Å². The van der Waals surface area contributed by atoms with E-state index in [2.05, 4.69) is 28.8 Å². The van der Waals surface area contributed by atoms with Crippen LogP contribution in [-0.4, -0.2) is 4.83 Å². The normalized spacial score (nSPS) is 38.1. The van der Waals surface area contributed by atoms with Gasteiger partial charge in [-0.2, -0.15) is 0 Å². The maximum atomic E-state index is 5.30. The molecule has 0 aromatic heterocycles. The summed E-state index contributed by atoms with van der Waals surface area (Å²) in [6, 6.07) is 0. The highest BCUT2D eigenvalue weighted by atomic mass is 79.9. The first-order valence-electron chi connectivity index (χ1n) is 4.31. The maximum absolute atomic E-state index is 5.30. The average molecular weight is 215 g/mol. The molecule has 0 spiro atoms. The van der Waals surface area contributed by atoms with E-state index in [1.54, 1.807) is 0 Å². The Morgan fingerprint density at radius 2 is 2.27 bits per heavy atom. The van der Waals surface area contributed by atoms with E-state index >= 15 is 0 Å². The van der Waals surface area contributed by atoms with Crippen molar-refractivity contribution in [2.24, 2.45) is 11.8 Å². The highest BCUT2D eigenvalue weighted by molar-refractivity contribution is 9.09. The Kier molecular flexibility index (Phi) is 3.45. The van der Waals surface area contributed by atoms with Crippen LogP contribution in [0.25, 0.3) is 0 Å². The molecule has 1 aliphatic rings. The predicted octanol–water partition coefficient (Wildman–Crippen LogP) is 3.21. The molecule has 3 atom stereocenters. The van der Waals surface area contributed by atoms with Gasteiger partial charge in [0.2, 0.25) is 0 Å². The van der Waals surface area contributed by atoms with Crippen LogP contribution in [0.1, 0.15) is 32.6 Å². The zero-order valence-corrected chi connectivity index (χ0v) is 8.60. The highest BCUT2D eigenvalue weighted by Gasteiger charge is 2.25. The molecule has 0 aliphatic heterocycles. The van der Waals surface area contributed by atoms with Crippen molar-refractivity contribution >= 4 is 15.9 Å². The van der Waals surface area contributed by atoms with Crippen LogP contribution >= 0.6 is 15.9 Å². The third-order valence-electron chi connectivity index (χ3n) is 2.68. The second-order valence-corrected chi connectivity index (χ2v) is 4.85. The molecule has 0 amide bonds. The minimum absolute atomic E-state index is 0.719. The molecule has 0 N–H and O–H groups in total. The lowest BCUT2D eigenvalue weighted by molar-refractivity contribution is 0.269. The summed E-state index contributed by atoms with van der Waals surface area (Å²) < 4.78 is 0. The number of hydrogen-bond acceptors (Lipinski definition) is 0. The van der Waals surface area contributed by atoms with Crippen LogP contribution in [0, 0.1) is 24.2 Å². The van der Waals surface area contributed by atoms with Gasteiger partial charge >= 0.3 is 0 Å². The Morgan fingerprint density at radius 3 is 2.91 bits per heavy atom. The van der Waals surface area contributed by atoms with E-state index in [-0.39, 0.29) is 0 Å². The summed E-state index contributed by atoms with van der Waals surface area (Å²) in [6.45, 7) is 2.32. The SMILES string of the molecule is C#CCC1CC(Br)CCC1C. The molecule has 1 heteroatoms. The van der Waals surface area contributed by atoms with Gasteiger partial charge in [0, 0.05) is 11.2 Å². The fourth-order valence-corrected chi connectivity index (χ4v) is 2.54. The van der Waals surface area contributed by atoms with Crippen LogP contribution < -0.4 is 0 Å². The summed E-state index contributed by atoms with van der Waals surface area (Å²) >= 11 is 3.66. The van der Waals surface area contributed by atoms with Crippen molar-refractivity contribution < 1.29 is 0 Å². The first-order valence-corrected chi connectivity index (χ1v) is 5.23. The largest absolute Gasteiger partial charge is 0.120 e. The summed E-state index contributed by atoms with van der Waals surface area (Å²) in [5.74, 6) is 4.36. The van der Waals surface area contributed by atoms with Crippen LogP contribution in [0.3, 0.4) is 0 Å². The molecule has 3 unspecified atom stereocenters. The van der Waals surface area contributed by atoms with Gasteiger partial charge in [0.15, 0.2) is 0 Å². The Bertz CT molecular complexity index is 157. The molecule has 1 fully saturated rings. The Balaban J connectivity index is 2.42. The molecule has 1 aliphatic carbocycles. The standard InChI is InChI=1S/C10H15Br/c1-3-4-9-7-10(11)6-5-8(9)2/h1,8-10H,4-7H2,2H3. The van der Waals surface area contributed by atoms with Gasteiger partial charge in [0.05, 0.1) is 0 Å². The van der Waals surface area contributed by atoms with E-state index in [4.69, 9.17) is 6.42 Å². The van der Waals surface area contributed by atoms with E-state index in [1.807, 2.05) is 0 Å². The molecule has 62 valence electrons. The Hall–Kier alpha value is 0.0400. The quantitative estimate of drug-likeness (QED) is 0.465. The van der Waals surface area contributed by atoms with Crippen molar-refractivity contribution in [2.75, 3.05) is 0 Å². The molecule has 0 nitrogen and oxygen atoms in total. The van der Waals surface area contributed by atoms with Gasteiger partial charge in [0.25, 0.3) is 0 Å². The van der Waals surface area contributed by atoms with Crippen LogP contribution in [-0.2, 0) is 0 Å². The first-order chi connectivity index (χ1) is 5.24. The second-order valence-electron chi connectivity index (χ2n) is 3.56. The summed E-state index contributed by atoms with van der Waals surface area (Å²) in [4.78, 5) is 0.719. The van der Waals surface area contributed by atoms with E-state index in [1.165, 1.54) is 19.3 Å². The van der Waals surface area contributed by atoms with Gasteiger partial charge < -0.3 is 0 Å². The minimum Gasteiger partial charge on any atom is -0.120 e. The molecule has 0 heterocycles. The van der Waals surface area contributed by atoms with Gasteiger partial charge in [-0.3, -0.25) is 0 Å². The van der Waals surface area contributed by atoms with Crippen molar-refractivity contribution in [2.45, 2.75) is 37.4 Å². The van der Waals surface area contributed by atoms with Crippen LogP contribution in [0.5, 0.6) is 0 Å². The number of alkyl halides is 1. The van der Waals surface area contributed by atoms with E-state index in [0.29, 0.717) is 0 Å². The summed E-state index contributed by atoms with van der Waals surface area (Å²) in [5, 5.41) is 0. The Labute approximate surface area is 77.9 Å². The van der Waals surface area contributed by atoms with Gasteiger partial charge in [-0.05, 0) is 31.1 Å².